The molecule has 0 saturated carbocycles. The Morgan fingerprint density at radius 2 is 1.74 bits per heavy atom. The number of hydrogen-bond donors (Lipinski definition) is 4. The van der Waals surface area contributed by atoms with Crippen molar-refractivity contribution in [2.24, 2.45) is 0 Å². The van der Waals surface area contributed by atoms with Gasteiger partial charge in [-0.15, -0.1) is 0 Å². The Bertz CT molecular complexity index is 945. The SMILES string of the molecule is C[C@@H](O)[C@@H](NC(=O)N1CCN(c2ccc(C#Cc3cccnc3)cc2)CC1)C(=O)NO. The summed E-state index contributed by atoms with van der Waals surface area (Å²) < 4.78 is 0. The molecule has 3 amide bonds. The first-order chi connectivity index (χ1) is 15.0. The number of carbonyl (C=O) groups is 2. The predicted octanol–water partition coefficient (Wildman–Crippen LogP) is 0.568. The lowest BCUT2D eigenvalue weighted by molar-refractivity contribution is -0.133. The molecule has 1 aliphatic heterocycles. The van der Waals surface area contributed by atoms with Crippen molar-refractivity contribution in [2.75, 3.05) is 31.1 Å². The zero-order valence-electron chi connectivity index (χ0n) is 17.2. The Balaban J connectivity index is 1.54. The smallest absolute Gasteiger partial charge is 0.318 e. The molecule has 0 radical (unpaired) electrons. The lowest BCUT2D eigenvalue weighted by atomic mass is 10.1. The number of aromatic nitrogens is 1. The summed E-state index contributed by atoms with van der Waals surface area (Å²) in [4.78, 5) is 31.8. The number of benzene rings is 1. The Morgan fingerprint density at radius 1 is 1.06 bits per heavy atom. The Hall–Kier alpha value is -3.61. The average molecular weight is 423 g/mol. The molecule has 9 nitrogen and oxygen atoms in total. The average Bonchev–Trinajstić information content (AvgIpc) is 2.81. The Morgan fingerprint density at radius 3 is 2.32 bits per heavy atom. The van der Waals surface area contributed by atoms with Gasteiger partial charge in [-0.3, -0.25) is 15.0 Å². The molecule has 4 N–H and O–H groups in total. The molecule has 31 heavy (non-hydrogen) atoms. The summed E-state index contributed by atoms with van der Waals surface area (Å²) >= 11 is 0. The lowest BCUT2D eigenvalue weighted by Gasteiger charge is -2.36. The van der Waals surface area contributed by atoms with Crippen LogP contribution in [0.15, 0.2) is 48.8 Å². The van der Waals surface area contributed by atoms with Crippen LogP contribution in [-0.4, -0.2) is 70.5 Å². The van der Waals surface area contributed by atoms with E-state index in [4.69, 9.17) is 5.21 Å². The quantitative estimate of drug-likeness (QED) is 0.324. The molecule has 2 aromatic rings. The lowest BCUT2D eigenvalue weighted by Crippen LogP contribution is -2.58. The normalized spacial score (nSPS) is 15.3. The summed E-state index contributed by atoms with van der Waals surface area (Å²) in [5.41, 5.74) is 4.25. The predicted molar refractivity (Wildman–Crippen MR) is 114 cm³/mol. The molecule has 9 heteroatoms. The molecule has 1 aliphatic rings. The van der Waals surface area contributed by atoms with Crippen LogP contribution in [0.4, 0.5) is 10.5 Å². The van der Waals surface area contributed by atoms with Crippen molar-refractivity contribution in [1.29, 1.82) is 0 Å². The van der Waals surface area contributed by atoms with E-state index in [1.807, 2.05) is 36.4 Å². The van der Waals surface area contributed by atoms with E-state index >= 15 is 0 Å². The van der Waals surface area contributed by atoms with Crippen LogP contribution in [0.2, 0.25) is 0 Å². The van der Waals surface area contributed by atoms with Crippen molar-refractivity contribution in [3.8, 4) is 11.8 Å². The van der Waals surface area contributed by atoms with Crippen LogP contribution in [0.1, 0.15) is 18.1 Å². The van der Waals surface area contributed by atoms with Crippen LogP contribution in [0, 0.1) is 11.8 Å². The van der Waals surface area contributed by atoms with Gasteiger partial charge in [0.2, 0.25) is 0 Å². The third-order valence-corrected chi connectivity index (χ3v) is 4.97. The van der Waals surface area contributed by atoms with Gasteiger partial charge >= 0.3 is 6.03 Å². The van der Waals surface area contributed by atoms with Crippen molar-refractivity contribution in [1.82, 2.24) is 20.7 Å². The number of aliphatic hydroxyl groups is 1. The molecular formula is C22H25N5O4. The maximum absolute atomic E-state index is 12.4. The number of piperazine rings is 1. The van der Waals surface area contributed by atoms with Crippen LogP contribution >= 0.6 is 0 Å². The third kappa shape index (κ3) is 5.94. The fourth-order valence-corrected chi connectivity index (χ4v) is 3.20. The fraction of sp³-hybridized carbons (Fsp3) is 0.318. The Kier molecular flexibility index (Phi) is 7.43. The summed E-state index contributed by atoms with van der Waals surface area (Å²) in [5.74, 6) is 5.32. The molecule has 3 rings (SSSR count). The van der Waals surface area contributed by atoms with E-state index in [-0.39, 0.29) is 0 Å². The van der Waals surface area contributed by atoms with Crippen LogP contribution in [-0.2, 0) is 4.79 Å². The highest BCUT2D eigenvalue weighted by Crippen LogP contribution is 2.17. The van der Waals surface area contributed by atoms with E-state index in [0.717, 1.165) is 16.8 Å². The van der Waals surface area contributed by atoms with Gasteiger partial charge in [0.15, 0.2) is 0 Å². The maximum atomic E-state index is 12.4. The number of nitrogens with zero attached hydrogens (tertiary/aromatic N) is 3. The molecule has 0 spiro atoms. The summed E-state index contributed by atoms with van der Waals surface area (Å²) in [6.45, 7) is 3.53. The van der Waals surface area contributed by atoms with Gasteiger partial charge in [-0.1, -0.05) is 11.8 Å². The second-order valence-electron chi connectivity index (χ2n) is 7.16. The number of rotatable bonds is 4. The fourth-order valence-electron chi connectivity index (χ4n) is 3.20. The summed E-state index contributed by atoms with van der Waals surface area (Å²) in [5, 5.41) is 20.9. The molecule has 162 valence electrons. The van der Waals surface area contributed by atoms with Crippen molar-refractivity contribution >= 4 is 17.6 Å². The number of hydrogen-bond acceptors (Lipinski definition) is 6. The maximum Gasteiger partial charge on any atom is 0.318 e. The highest BCUT2D eigenvalue weighted by molar-refractivity contribution is 5.87. The molecule has 1 saturated heterocycles. The molecule has 2 atom stereocenters. The highest BCUT2D eigenvalue weighted by Gasteiger charge is 2.29. The minimum atomic E-state index is -1.23. The highest BCUT2D eigenvalue weighted by atomic mass is 16.5. The molecule has 2 heterocycles. The summed E-state index contributed by atoms with van der Waals surface area (Å²) in [6, 6.07) is 9.97. The Labute approximate surface area is 180 Å². The largest absolute Gasteiger partial charge is 0.391 e. The first-order valence-corrected chi connectivity index (χ1v) is 9.92. The third-order valence-electron chi connectivity index (χ3n) is 4.97. The van der Waals surface area contributed by atoms with Gasteiger partial charge in [0.1, 0.15) is 6.04 Å². The molecular weight excluding hydrogens is 398 g/mol. The minimum Gasteiger partial charge on any atom is -0.391 e. The number of anilines is 1. The van der Waals surface area contributed by atoms with E-state index < -0.39 is 24.1 Å². The van der Waals surface area contributed by atoms with E-state index in [1.165, 1.54) is 12.4 Å². The number of carbonyl (C=O) groups excluding carboxylic acids is 2. The number of amides is 3. The van der Waals surface area contributed by atoms with E-state index in [0.29, 0.717) is 26.2 Å². The van der Waals surface area contributed by atoms with Crippen LogP contribution in [0.3, 0.4) is 0 Å². The number of nitrogens with one attached hydrogen (secondary N) is 2. The minimum absolute atomic E-state index is 0.460. The van der Waals surface area contributed by atoms with Crippen molar-refractivity contribution < 1.29 is 19.9 Å². The first kappa shape index (κ1) is 22.1. The molecule has 0 bridgehead atoms. The van der Waals surface area contributed by atoms with Gasteiger partial charge in [0.05, 0.1) is 6.10 Å². The van der Waals surface area contributed by atoms with Crippen molar-refractivity contribution in [3.63, 3.8) is 0 Å². The second-order valence-corrected chi connectivity index (χ2v) is 7.16. The van der Waals surface area contributed by atoms with Gasteiger partial charge < -0.3 is 20.2 Å². The van der Waals surface area contributed by atoms with Gasteiger partial charge in [0, 0.05) is 55.4 Å². The zero-order valence-corrected chi connectivity index (χ0v) is 17.2. The van der Waals surface area contributed by atoms with Crippen molar-refractivity contribution in [3.05, 3.63) is 59.9 Å². The topological polar surface area (TPSA) is 118 Å². The molecule has 1 fully saturated rings. The molecule has 0 aliphatic carbocycles. The van der Waals surface area contributed by atoms with Gasteiger partial charge in [-0.2, -0.15) is 0 Å². The number of hydroxylamine groups is 1. The van der Waals surface area contributed by atoms with Crippen LogP contribution in [0.25, 0.3) is 0 Å². The first-order valence-electron chi connectivity index (χ1n) is 9.92. The van der Waals surface area contributed by atoms with Crippen molar-refractivity contribution in [2.45, 2.75) is 19.1 Å². The van der Waals surface area contributed by atoms with Gasteiger partial charge in [-0.25, -0.2) is 10.3 Å². The molecule has 0 unspecified atom stereocenters. The number of pyridine rings is 1. The summed E-state index contributed by atoms with van der Waals surface area (Å²) in [6.07, 6.45) is 2.29. The summed E-state index contributed by atoms with van der Waals surface area (Å²) in [7, 11) is 0. The van der Waals surface area contributed by atoms with Crippen LogP contribution < -0.4 is 15.7 Å². The monoisotopic (exact) mass is 423 g/mol. The number of urea groups is 1. The number of aliphatic hydroxyl groups excluding tert-OH is 1. The second kappa shape index (κ2) is 10.4. The van der Waals surface area contributed by atoms with E-state index in [2.05, 4.69) is 27.0 Å². The van der Waals surface area contributed by atoms with Gasteiger partial charge in [-0.05, 0) is 43.3 Å². The molecule has 1 aromatic carbocycles. The zero-order chi connectivity index (χ0) is 22.2. The van der Waals surface area contributed by atoms with E-state index in [9.17, 15) is 14.7 Å². The van der Waals surface area contributed by atoms with E-state index in [1.54, 1.807) is 17.3 Å². The molecule has 1 aromatic heterocycles. The van der Waals surface area contributed by atoms with Gasteiger partial charge in [0.25, 0.3) is 5.91 Å². The standard InChI is InChI=1S/C22H25N5O4/c1-16(28)20(21(29)25-31)24-22(30)27-13-11-26(12-14-27)19-8-6-17(7-9-19)4-5-18-3-2-10-23-15-18/h2-3,6-10,15-16,20,28,31H,11-14H2,1H3,(H,24,30)(H,25,29)/t16-,20-/m1/s1. The van der Waals surface area contributed by atoms with Crippen LogP contribution in [0.5, 0.6) is 0 Å².